The molecular formula is C12H14N2O3. The van der Waals surface area contributed by atoms with Crippen LogP contribution < -0.4 is 4.90 Å². The number of rotatable bonds is 2. The van der Waals surface area contributed by atoms with Crippen molar-refractivity contribution in [1.82, 2.24) is 4.90 Å². The number of amides is 2. The standard InChI is InChI=1S/C12H14N2O3/c1-8-7-14(12(17)13(8)2)10-5-3-9(4-6-10)11(15)16/h3-6,8H,7H2,1-2H3,(H,15,16). The van der Waals surface area contributed by atoms with Gasteiger partial charge in [-0.15, -0.1) is 0 Å². The van der Waals surface area contributed by atoms with E-state index in [1.807, 2.05) is 6.92 Å². The largest absolute Gasteiger partial charge is 0.478 e. The van der Waals surface area contributed by atoms with Gasteiger partial charge in [0, 0.05) is 25.3 Å². The van der Waals surface area contributed by atoms with Gasteiger partial charge in [-0.3, -0.25) is 4.90 Å². The summed E-state index contributed by atoms with van der Waals surface area (Å²) in [6.45, 7) is 2.60. The Bertz CT molecular complexity index is 455. The van der Waals surface area contributed by atoms with Crippen molar-refractivity contribution in [1.29, 1.82) is 0 Å². The van der Waals surface area contributed by atoms with Crippen LogP contribution in [0.2, 0.25) is 0 Å². The van der Waals surface area contributed by atoms with Crippen LogP contribution in [0.1, 0.15) is 17.3 Å². The third-order valence-electron chi connectivity index (χ3n) is 3.07. The molecule has 1 unspecified atom stereocenters. The average Bonchev–Trinajstić information content (AvgIpc) is 2.57. The smallest absolute Gasteiger partial charge is 0.335 e. The number of hydrogen-bond acceptors (Lipinski definition) is 2. The molecule has 1 N–H and O–H groups in total. The highest BCUT2D eigenvalue weighted by atomic mass is 16.4. The van der Waals surface area contributed by atoms with Crippen LogP contribution >= 0.6 is 0 Å². The normalized spacial score (nSPS) is 19.9. The van der Waals surface area contributed by atoms with Crippen molar-refractivity contribution in [3.8, 4) is 0 Å². The minimum Gasteiger partial charge on any atom is -0.478 e. The van der Waals surface area contributed by atoms with Crippen molar-refractivity contribution < 1.29 is 14.7 Å². The van der Waals surface area contributed by atoms with Crippen molar-refractivity contribution in [3.63, 3.8) is 0 Å². The molecule has 17 heavy (non-hydrogen) atoms. The molecular weight excluding hydrogens is 220 g/mol. The van der Waals surface area contributed by atoms with Gasteiger partial charge in [0.25, 0.3) is 0 Å². The van der Waals surface area contributed by atoms with Gasteiger partial charge in [0.2, 0.25) is 0 Å². The summed E-state index contributed by atoms with van der Waals surface area (Å²) in [4.78, 5) is 25.9. The molecule has 5 nitrogen and oxygen atoms in total. The van der Waals surface area contributed by atoms with Gasteiger partial charge in [-0.2, -0.15) is 0 Å². The summed E-state index contributed by atoms with van der Waals surface area (Å²) in [5.74, 6) is -0.963. The fourth-order valence-electron chi connectivity index (χ4n) is 1.84. The van der Waals surface area contributed by atoms with E-state index >= 15 is 0 Å². The minimum atomic E-state index is -0.963. The second kappa shape index (κ2) is 4.08. The average molecular weight is 234 g/mol. The first-order valence-corrected chi connectivity index (χ1v) is 5.38. The molecule has 1 atom stereocenters. The van der Waals surface area contributed by atoms with Gasteiger partial charge < -0.3 is 10.0 Å². The highest BCUT2D eigenvalue weighted by molar-refractivity contribution is 5.95. The molecule has 1 aromatic rings. The second-order valence-electron chi connectivity index (χ2n) is 4.21. The Morgan fingerprint density at radius 1 is 1.35 bits per heavy atom. The lowest BCUT2D eigenvalue weighted by Crippen LogP contribution is -2.30. The van der Waals surface area contributed by atoms with Crippen LogP contribution in [0.25, 0.3) is 0 Å². The van der Waals surface area contributed by atoms with E-state index in [2.05, 4.69) is 0 Å². The van der Waals surface area contributed by atoms with Crippen molar-refractivity contribution in [2.24, 2.45) is 0 Å². The van der Waals surface area contributed by atoms with Crippen LogP contribution in [0.15, 0.2) is 24.3 Å². The number of carboxylic acids is 1. The minimum absolute atomic E-state index is 0.0550. The van der Waals surface area contributed by atoms with E-state index < -0.39 is 5.97 Å². The Balaban J connectivity index is 2.24. The summed E-state index contributed by atoms with van der Waals surface area (Å²) in [6, 6.07) is 6.45. The molecule has 1 aliphatic heterocycles. The molecule has 0 spiro atoms. The number of benzene rings is 1. The summed E-state index contributed by atoms with van der Waals surface area (Å²) < 4.78 is 0. The number of carbonyl (C=O) groups is 2. The number of urea groups is 1. The van der Waals surface area contributed by atoms with Crippen molar-refractivity contribution in [2.45, 2.75) is 13.0 Å². The topological polar surface area (TPSA) is 60.9 Å². The molecule has 5 heteroatoms. The summed E-state index contributed by atoms with van der Waals surface area (Å²) in [7, 11) is 1.76. The Labute approximate surface area is 99.3 Å². The van der Waals surface area contributed by atoms with Crippen molar-refractivity contribution in [3.05, 3.63) is 29.8 Å². The Hall–Kier alpha value is -2.04. The van der Waals surface area contributed by atoms with Gasteiger partial charge in [0.05, 0.1) is 5.56 Å². The molecule has 1 aromatic carbocycles. The predicted molar refractivity (Wildman–Crippen MR) is 63.4 cm³/mol. The van der Waals surface area contributed by atoms with Gasteiger partial charge in [-0.05, 0) is 31.2 Å². The van der Waals surface area contributed by atoms with Crippen LogP contribution in [-0.4, -0.2) is 41.6 Å². The molecule has 0 bridgehead atoms. The highest BCUT2D eigenvalue weighted by Crippen LogP contribution is 2.22. The maximum absolute atomic E-state index is 11.9. The number of anilines is 1. The van der Waals surface area contributed by atoms with E-state index in [4.69, 9.17) is 5.11 Å². The van der Waals surface area contributed by atoms with Gasteiger partial charge in [0.15, 0.2) is 0 Å². The molecule has 0 saturated carbocycles. The molecule has 1 heterocycles. The summed E-state index contributed by atoms with van der Waals surface area (Å²) >= 11 is 0. The number of nitrogens with zero attached hydrogens (tertiary/aromatic N) is 2. The van der Waals surface area contributed by atoms with E-state index in [1.54, 1.807) is 29.0 Å². The summed E-state index contributed by atoms with van der Waals surface area (Å²) in [6.07, 6.45) is 0. The monoisotopic (exact) mass is 234 g/mol. The van der Waals surface area contributed by atoms with Crippen LogP contribution in [0.4, 0.5) is 10.5 Å². The lowest BCUT2D eigenvalue weighted by atomic mass is 10.2. The lowest BCUT2D eigenvalue weighted by molar-refractivity contribution is 0.0697. The maximum Gasteiger partial charge on any atom is 0.335 e. The molecule has 2 rings (SSSR count). The Morgan fingerprint density at radius 3 is 2.35 bits per heavy atom. The zero-order chi connectivity index (χ0) is 12.6. The third-order valence-corrected chi connectivity index (χ3v) is 3.07. The van der Waals surface area contributed by atoms with Crippen LogP contribution in [0, 0.1) is 0 Å². The van der Waals surface area contributed by atoms with Gasteiger partial charge in [-0.1, -0.05) is 0 Å². The molecule has 0 aliphatic carbocycles. The van der Waals surface area contributed by atoms with E-state index in [-0.39, 0.29) is 17.6 Å². The van der Waals surface area contributed by atoms with Crippen LogP contribution in [-0.2, 0) is 0 Å². The molecule has 90 valence electrons. The van der Waals surface area contributed by atoms with Gasteiger partial charge in [-0.25, -0.2) is 9.59 Å². The molecule has 0 radical (unpaired) electrons. The molecule has 1 saturated heterocycles. The first-order valence-electron chi connectivity index (χ1n) is 5.38. The van der Waals surface area contributed by atoms with Gasteiger partial charge >= 0.3 is 12.0 Å². The Kier molecular flexibility index (Phi) is 2.75. The predicted octanol–water partition coefficient (Wildman–Crippen LogP) is 1.65. The quantitative estimate of drug-likeness (QED) is 0.846. The SMILES string of the molecule is CC1CN(c2ccc(C(=O)O)cc2)C(=O)N1C. The summed E-state index contributed by atoms with van der Waals surface area (Å²) in [5, 5.41) is 8.79. The number of hydrogen-bond donors (Lipinski definition) is 1. The van der Waals surface area contributed by atoms with Crippen molar-refractivity contribution >= 4 is 17.7 Å². The third kappa shape index (κ3) is 1.95. The maximum atomic E-state index is 11.9. The highest BCUT2D eigenvalue weighted by Gasteiger charge is 2.32. The zero-order valence-electron chi connectivity index (χ0n) is 9.75. The van der Waals surface area contributed by atoms with E-state index in [0.717, 1.165) is 5.69 Å². The molecule has 0 aromatic heterocycles. The number of likely N-dealkylation sites (N-methyl/N-ethyl adjacent to an activating group) is 1. The first-order chi connectivity index (χ1) is 8.00. The molecule has 1 aliphatic rings. The summed E-state index contributed by atoms with van der Waals surface area (Å²) in [5.41, 5.74) is 0.956. The van der Waals surface area contributed by atoms with Crippen LogP contribution in [0.5, 0.6) is 0 Å². The number of carbonyl (C=O) groups excluding carboxylic acids is 1. The Morgan fingerprint density at radius 2 is 1.94 bits per heavy atom. The molecule has 1 fully saturated rings. The number of carboxylic acid groups (broad SMARTS) is 1. The van der Waals surface area contributed by atoms with Crippen LogP contribution in [0.3, 0.4) is 0 Å². The molecule has 2 amide bonds. The zero-order valence-corrected chi connectivity index (χ0v) is 9.75. The fraction of sp³-hybridized carbons (Fsp3) is 0.333. The first kappa shape index (κ1) is 11.4. The van der Waals surface area contributed by atoms with E-state index in [9.17, 15) is 9.59 Å². The second-order valence-corrected chi connectivity index (χ2v) is 4.21. The van der Waals surface area contributed by atoms with Crippen molar-refractivity contribution in [2.75, 3.05) is 18.5 Å². The van der Waals surface area contributed by atoms with E-state index in [1.165, 1.54) is 12.1 Å². The fourth-order valence-corrected chi connectivity index (χ4v) is 1.84. The van der Waals surface area contributed by atoms with E-state index in [0.29, 0.717) is 6.54 Å². The lowest BCUT2D eigenvalue weighted by Gasteiger charge is -2.15. The van der Waals surface area contributed by atoms with Gasteiger partial charge in [0.1, 0.15) is 0 Å². The number of aromatic carboxylic acids is 1.